The first-order valence-electron chi connectivity index (χ1n) is 7.57. The predicted octanol–water partition coefficient (Wildman–Crippen LogP) is 3.99. The second-order valence-corrected chi connectivity index (χ2v) is 5.52. The number of nitrogens with zero attached hydrogens (tertiary/aromatic N) is 1. The average molecular weight is 319 g/mol. The van der Waals surface area contributed by atoms with Gasteiger partial charge in [0.1, 0.15) is 12.4 Å². The van der Waals surface area contributed by atoms with E-state index in [0.717, 1.165) is 22.4 Å². The van der Waals surface area contributed by atoms with Gasteiger partial charge in [-0.3, -0.25) is 0 Å². The van der Waals surface area contributed by atoms with Gasteiger partial charge in [-0.15, -0.1) is 0 Å². The zero-order valence-corrected chi connectivity index (χ0v) is 13.4. The number of benzene rings is 2. The van der Waals surface area contributed by atoms with Crippen LogP contribution in [0, 0.1) is 0 Å². The maximum Gasteiger partial charge on any atom is 0.363 e. The van der Waals surface area contributed by atoms with Gasteiger partial charge in [-0.2, -0.15) is 0 Å². The van der Waals surface area contributed by atoms with Gasteiger partial charge < -0.3 is 9.47 Å². The molecule has 1 heterocycles. The summed E-state index contributed by atoms with van der Waals surface area (Å²) in [6.45, 7) is 6.19. The first kappa shape index (κ1) is 15.7. The van der Waals surface area contributed by atoms with Crippen molar-refractivity contribution < 1.29 is 14.3 Å². The van der Waals surface area contributed by atoms with Crippen molar-refractivity contribution in [2.24, 2.45) is 4.99 Å². The summed E-state index contributed by atoms with van der Waals surface area (Å²) in [5.74, 6) is 0.632. The molecule has 0 N–H and O–H groups in total. The van der Waals surface area contributed by atoms with E-state index in [9.17, 15) is 4.79 Å². The van der Waals surface area contributed by atoms with Crippen molar-refractivity contribution in [1.29, 1.82) is 0 Å². The molecule has 0 saturated heterocycles. The smallest absolute Gasteiger partial charge is 0.363 e. The minimum Gasteiger partial charge on any atom is -0.489 e. The quantitative estimate of drug-likeness (QED) is 0.476. The number of esters is 1. The van der Waals surface area contributed by atoms with Crippen molar-refractivity contribution in [3.8, 4) is 5.75 Å². The Hall–Kier alpha value is -3.14. The number of carbonyl (C=O) groups is 1. The molecular formula is C20H17NO3. The summed E-state index contributed by atoms with van der Waals surface area (Å²) in [5.41, 5.74) is 2.86. The van der Waals surface area contributed by atoms with Crippen LogP contribution in [-0.4, -0.2) is 18.5 Å². The zero-order chi connectivity index (χ0) is 16.9. The number of aliphatic imine (C=N–C) groups is 1. The predicted molar refractivity (Wildman–Crippen MR) is 93.8 cm³/mol. The third-order valence-electron chi connectivity index (χ3n) is 3.31. The summed E-state index contributed by atoms with van der Waals surface area (Å²) in [4.78, 5) is 16.2. The molecule has 2 aromatic carbocycles. The van der Waals surface area contributed by atoms with E-state index in [1.54, 1.807) is 6.08 Å². The topological polar surface area (TPSA) is 47.9 Å². The van der Waals surface area contributed by atoms with E-state index < -0.39 is 5.97 Å². The van der Waals surface area contributed by atoms with E-state index in [-0.39, 0.29) is 5.70 Å². The maximum atomic E-state index is 12.0. The molecule has 0 saturated carbocycles. The summed E-state index contributed by atoms with van der Waals surface area (Å²) in [6, 6.07) is 16.8. The number of hydrogen-bond acceptors (Lipinski definition) is 4. The molecule has 120 valence electrons. The van der Waals surface area contributed by atoms with Crippen molar-refractivity contribution in [3.63, 3.8) is 0 Å². The van der Waals surface area contributed by atoms with Crippen LogP contribution >= 0.6 is 0 Å². The van der Waals surface area contributed by atoms with Crippen molar-refractivity contribution in [2.45, 2.75) is 6.92 Å². The van der Waals surface area contributed by atoms with Gasteiger partial charge in [0, 0.05) is 5.56 Å². The first-order valence-corrected chi connectivity index (χ1v) is 7.57. The summed E-state index contributed by atoms with van der Waals surface area (Å²) in [6.07, 6.45) is 1.70. The highest BCUT2D eigenvalue weighted by Gasteiger charge is 2.23. The number of rotatable bonds is 5. The van der Waals surface area contributed by atoms with Crippen LogP contribution in [0.5, 0.6) is 5.75 Å². The molecule has 0 aliphatic carbocycles. The highest BCUT2D eigenvalue weighted by Crippen LogP contribution is 2.20. The fourth-order valence-electron chi connectivity index (χ4n) is 2.14. The number of ether oxygens (including phenoxy) is 2. The van der Waals surface area contributed by atoms with E-state index >= 15 is 0 Å². The maximum absolute atomic E-state index is 12.0. The molecule has 0 atom stereocenters. The molecular weight excluding hydrogens is 302 g/mol. The van der Waals surface area contributed by atoms with Crippen LogP contribution in [0.3, 0.4) is 0 Å². The van der Waals surface area contributed by atoms with Crippen LogP contribution in [0.2, 0.25) is 0 Å². The second-order valence-electron chi connectivity index (χ2n) is 5.52. The Kier molecular flexibility index (Phi) is 4.57. The molecule has 0 fully saturated rings. The molecule has 4 heteroatoms. The average Bonchev–Trinajstić information content (AvgIpc) is 2.96. The molecule has 0 aromatic heterocycles. The Morgan fingerprint density at radius 3 is 2.54 bits per heavy atom. The molecule has 4 nitrogen and oxygen atoms in total. The minimum absolute atomic E-state index is 0.282. The summed E-state index contributed by atoms with van der Waals surface area (Å²) < 4.78 is 10.8. The van der Waals surface area contributed by atoms with Gasteiger partial charge in [0.15, 0.2) is 5.70 Å². The Labute approximate surface area is 140 Å². The third kappa shape index (κ3) is 3.79. The van der Waals surface area contributed by atoms with Gasteiger partial charge in [-0.05, 0) is 48.4 Å². The van der Waals surface area contributed by atoms with Crippen LogP contribution in [-0.2, 0) is 9.53 Å². The van der Waals surface area contributed by atoms with Gasteiger partial charge in [0.25, 0.3) is 0 Å². The number of hydrogen-bond donors (Lipinski definition) is 0. The minimum atomic E-state index is -0.448. The molecule has 2 aromatic rings. The van der Waals surface area contributed by atoms with Gasteiger partial charge in [0.05, 0.1) is 0 Å². The molecule has 0 unspecified atom stereocenters. The molecule has 0 bridgehead atoms. The Bertz CT molecular complexity index is 818. The van der Waals surface area contributed by atoms with Crippen LogP contribution in [0.4, 0.5) is 0 Å². The summed E-state index contributed by atoms with van der Waals surface area (Å²) in [5, 5.41) is 0. The normalized spacial score (nSPS) is 15.1. The van der Waals surface area contributed by atoms with Crippen LogP contribution in [0.15, 0.2) is 77.4 Å². The Morgan fingerprint density at radius 1 is 1.17 bits per heavy atom. The molecule has 1 aliphatic rings. The van der Waals surface area contributed by atoms with Crippen molar-refractivity contribution >= 4 is 17.9 Å². The molecule has 24 heavy (non-hydrogen) atoms. The van der Waals surface area contributed by atoms with Crippen LogP contribution in [0.1, 0.15) is 18.1 Å². The van der Waals surface area contributed by atoms with E-state index in [1.807, 2.05) is 61.5 Å². The second kappa shape index (κ2) is 6.96. The standard InChI is InChI=1S/C20H17NO3/c1-14(2)13-23-17-10-8-15(9-11-17)12-18-20(22)24-19(21-18)16-6-4-3-5-7-16/h3-12H,1,13H2,2H3/b18-12+. The van der Waals surface area contributed by atoms with E-state index in [1.165, 1.54) is 0 Å². The highest BCUT2D eigenvalue weighted by atomic mass is 16.6. The summed E-state index contributed by atoms with van der Waals surface area (Å²) in [7, 11) is 0. The van der Waals surface area contributed by atoms with Gasteiger partial charge >= 0.3 is 5.97 Å². The van der Waals surface area contributed by atoms with Crippen molar-refractivity contribution in [2.75, 3.05) is 6.61 Å². The zero-order valence-electron chi connectivity index (χ0n) is 13.4. The Balaban J connectivity index is 1.77. The third-order valence-corrected chi connectivity index (χ3v) is 3.31. The number of cyclic esters (lactones) is 1. The fraction of sp³-hybridized carbons (Fsp3) is 0.100. The number of carbonyl (C=O) groups excluding carboxylic acids is 1. The molecule has 0 spiro atoms. The molecule has 0 amide bonds. The molecule has 3 rings (SSSR count). The summed E-state index contributed by atoms with van der Waals surface area (Å²) >= 11 is 0. The van der Waals surface area contributed by atoms with Crippen LogP contribution in [0.25, 0.3) is 6.08 Å². The van der Waals surface area contributed by atoms with Gasteiger partial charge in [-0.1, -0.05) is 36.9 Å². The first-order chi connectivity index (χ1) is 11.6. The van der Waals surface area contributed by atoms with Gasteiger partial charge in [0.2, 0.25) is 5.90 Å². The fourth-order valence-corrected chi connectivity index (χ4v) is 2.14. The Morgan fingerprint density at radius 2 is 1.88 bits per heavy atom. The lowest BCUT2D eigenvalue weighted by atomic mass is 10.2. The van der Waals surface area contributed by atoms with Gasteiger partial charge in [-0.25, -0.2) is 9.79 Å². The SMILES string of the molecule is C=C(C)COc1ccc(/C=C2/N=C(c3ccccc3)OC2=O)cc1. The van der Waals surface area contributed by atoms with E-state index in [2.05, 4.69) is 11.6 Å². The lowest BCUT2D eigenvalue weighted by Gasteiger charge is -2.05. The lowest BCUT2D eigenvalue weighted by molar-refractivity contribution is -0.129. The molecule has 0 radical (unpaired) electrons. The monoisotopic (exact) mass is 319 g/mol. The van der Waals surface area contributed by atoms with E-state index in [0.29, 0.717) is 12.5 Å². The van der Waals surface area contributed by atoms with Crippen LogP contribution < -0.4 is 4.74 Å². The molecule has 1 aliphatic heterocycles. The lowest BCUT2D eigenvalue weighted by Crippen LogP contribution is -2.04. The van der Waals surface area contributed by atoms with Crippen molar-refractivity contribution in [3.05, 3.63) is 83.6 Å². The van der Waals surface area contributed by atoms with Crippen molar-refractivity contribution in [1.82, 2.24) is 0 Å². The highest BCUT2D eigenvalue weighted by molar-refractivity contribution is 6.12. The largest absolute Gasteiger partial charge is 0.489 e. The van der Waals surface area contributed by atoms with E-state index in [4.69, 9.17) is 9.47 Å².